The highest BCUT2D eigenvalue weighted by Crippen LogP contribution is 2.22. The van der Waals surface area contributed by atoms with E-state index in [4.69, 9.17) is 5.14 Å². The molecule has 1 aromatic heterocycles. The number of amides is 1. The highest BCUT2D eigenvalue weighted by molar-refractivity contribution is 9.10. The zero-order chi connectivity index (χ0) is 18.9. The number of sulfonamides is 1. The van der Waals surface area contributed by atoms with Crippen LogP contribution in [0.2, 0.25) is 0 Å². The standard InChI is InChI=1S/C17H16BrN3O3S2/c1-2-8-21-14-7-6-13(26(19,23)24)10-15(14)25-17(21)20-16(22)11-4-3-5-12(18)9-11/h3-7,9-10H,2,8H2,1H3,(H2,19,23,24). The van der Waals surface area contributed by atoms with Crippen LogP contribution in [0.1, 0.15) is 23.7 Å². The smallest absolute Gasteiger partial charge is 0.279 e. The third kappa shape index (κ3) is 3.96. The van der Waals surface area contributed by atoms with Crippen LogP contribution in [-0.4, -0.2) is 18.9 Å². The molecule has 0 bridgehead atoms. The molecule has 0 atom stereocenters. The maximum atomic E-state index is 12.5. The van der Waals surface area contributed by atoms with Crippen LogP contribution in [-0.2, 0) is 16.6 Å². The van der Waals surface area contributed by atoms with Gasteiger partial charge in [-0.05, 0) is 42.8 Å². The Kier molecular flexibility index (Phi) is 5.42. The molecule has 1 heterocycles. The van der Waals surface area contributed by atoms with Gasteiger partial charge < -0.3 is 4.57 Å². The minimum absolute atomic E-state index is 0.0414. The van der Waals surface area contributed by atoms with Gasteiger partial charge in [-0.1, -0.05) is 40.3 Å². The molecule has 3 rings (SSSR count). The predicted molar refractivity (Wildman–Crippen MR) is 106 cm³/mol. The summed E-state index contributed by atoms with van der Waals surface area (Å²) in [5, 5.41) is 5.21. The summed E-state index contributed by atoms with van der Waals surface area (Å²) in [5.41, 5.74) is 1.30. The number of nitrogens with two attached hydrogens (primary N) is 1. The third-order valence-electron chi connectivity index (χ3n) is 3.70. The quantitative estimate of drug-likeness (QED) is 0.656. The normalized spacial score (nSPS) is 12.7. The molecular weight excluding hydrogens is 438 g/mol. The van der Waals surface area contributed by atoms with Gasteiger partial charge in [0.05, 0.1) is 15.1 Å². The van der Waals surface area contributed by atoms with Crippen LogP contribution in [0.15, 0.2) is 56.8 Å². The second-order valence-electron chi connectivity index (χ2n) is 5.64. The van der Waals surface area contributed by atoms with E-state index < -0.39 is 10.0 Å². The van der Waals surface area contributed by atoms with E-state index >= 15 is 0 Å². The number of hydrogen-bond donors (Lipinski definition) is 1. The van der Waals surface area contributed by atoms with Crippen molar-refractivity contribution >= 4 is 53.4 Å². The van der Waals surface area contributed by atoms with E-state index in [1.165, 1.54) is 23.5 Å². The number of carbonyl (C=O) groups is 1. The fourth-order valence-corrected chi connectivity index (χ4v) is 4.64. The molecule has 0 aliphatic heterocycles. The Hall–Kier alpha value is -1.81. The van der Waals surface area contributed by atoms with E-state index in [2.05, 4.69) is 20.9 Å². The van der Waals surface area contributed by atoms with Crippen molar-refractivity contribution in [2.45, 2.75) is 24.8 Å². The monoisotopic (exact) mass is 453 g/mol. The average Bonchev–Trinajstić information content (AvgIpc) is 2.91. The maximum absolute atomic E-state index is 12.5. The second kappa shape index (κ2) is 7.43. The highest BCUT2D eigenvalue weighted by atomic mass is 79.9. The molecule has 9 heteroatoms. The molecule has 0 radical (unpaired) electrons. The zero-order valence-electron chi connectivity index (χ0n) is 13.8. The Morgan fingerprint density at radius 2 is 2.04 bits per heavy atom. The molecule has 0 fully saturated rings. The van der Waals surface area contributed by atoms with Crippen LogP contribution in [0.4, 0.5) is 0 Å². The van der Waals surface area contributed by atoms with Gasteiger partial charge in [-0.25, -0.2) is 13.6 Å². The summed E-state index contributed by atoms with van der Waals surface area (Å²) in [6, 6.07) is 11.7. The minimum Gasteiger partial charge on any atom is -0.316 e. The van der Waals surface area contributed by atoms with Gasteiger partial charge in [-0.2, -0.15) is 4.99 Å². The number of aryl methyl sites for hydroxylation is 1. The molecular formula is C17H16BrN3O3S2. The fourth-order valence-electron chi connectivity index (χ4n) is 2.53. The first-order valence-electron chi connectivity index (χ1n) is 7.80. The lowest BCUT2D eigenvalue weighted by Gasteiger charge is -2.03. The molecule has 2 N–H and O–H groups in total. The summed E-state index contributed by atoms with van der Waals surface area (Å²) < 4.78 is 26.6. The van der Waals surface area contributed by atoms with Crippen molar-refractivity contribution in [3.8, 4) is 0 Å². The van der Waals surface area contributed by atoms with Gasteiger partial charge in [0.2, 0.25) is 10.0 Å². The van der Waals surface area contributed by atoms with Crippen molar-refractivity contribution in [3.05, 3.63) is 57.3 Å². The Bertz CT molecular complexity index is 1160. The number of fused-ring (bicyclic) bond motifs is 1. The van der Waals surface area contributed by atoms with Gasteiger partial charge >= 0.3 is 0 Å². The first kappa shape index (κ1) is 19.0. The van der Waals surface area contributed by atoms with E-state index in [0.717, 1.165) is 16.4 Å². The van der Waals surface area contributed by atoms with E-state index in [-0.39, 0.29) is 10.8 Å². The summed E-state index contributed by atoms with van der Waals surface area (Å²) >= 11 is 4.61. The first-order chi connectivity index (χ1) is 12.3. The molecule has 0 saturated carbocycles. The Balaban J connectivity index is 2.17. The Morgan fingerprint density at radius 3 is 2.69 bits per heavy atom. The zero-order valence-corrected chi connectivity index (χ0v) is 17.1. The number of thiazole rings is 1. The van der Waals surface area contributed by atoms with Crippen molar-refractivity contribution in [3.63, 3.8) is 0 Å². The molecule has 136 valence electrons. The number of carbonyl (C=O) groups excluding carboxylic acids is 1. The molecule has 3 aromatic rings. The number of primary sulfonamides is 1. The maximum Gasteiger partial charge on any atom is 0.279 e. The number of aromatic nitrogens is 1. The van der Waals surface area contributed by atoms with Gasteiger partial charge in [-0.3, -0.25) is 4.79 Å². The summed E-state index contributed by atoms with van der Waals surface area (Å²) in [4.78, 5) is 17.3. The van der Waals surface area contributed by atoms with E-state index in [0.29, 0.717) is 21.6 Å². The molecule has 0 aliphatic rings. The summed E-state index contributed by atoms with van der Waals surface area (Å²) in [5.74, 6) is -0.352. The van der Waals surface area contributed by atoms with Crippen LogP contribution in [0.5, 0.6) is 0 Å². The van der Waals surface area contributed by atoms with Crippen LogP contribution >= 0.6 is 27.3 Å². The molecule has 2 aromatic carbocycles. The Labute approximate surface area is 163 Å². The van der Waals surface area contributed by atoms with Crippen LogP contribution in [0.25, 0.3) is 10.2 Å². The molecule has 6 nitrogen and oxygen atoms in total. The van der Waals surface area contributed by atoms with Crippen LogP contribution in [0, 0.1) is 0 Å². The van der Waals surface area contributed by atoms with Crippen molar-refractivity contribution in [2.24, 2.45) is 10.1 Å². The van der Waals surface area contributed by atoms with Crippen LogP contribution in [0.3, 0.4) is 0 Å². The SMILES string of the molecule is CCCn1c(=NC(=O)c2cccc(Br)c2)sc2cc(S(N)(=O)=O)ccc21. The number of hydrogen-bond acceptors (Lipinski definition) is 4. The van der Waals surface area contributed by atoms with Gasteiger partial charge in [0.15, 0.2) is 4.80 Å². The lowest BCUT2D eigenvalue weighted by Crippen LogP contribution is -2.17. The van der Waals surface area contributed by atoms with E-state index in [1.807, 2.05) is 17.6 Å². The summed E-state index contributed by atoms with van der Waals surface area (Å²) in [7, 11) is -3.79. The largest absolute Gasteiger partial charge is 0.316 e. The molecule has 0 aliphatic carbocycles. The molecule has 1 amide bonds. The second-order valence-corrected chi connectivity index (χ2v) is 9.12. The topological polar surface area (TPSA) is 94.5 Å². The molecule has 0 saturated heterocycles. The number of nitrogens with zero attached hydrogens (tertiary/aromatic N) is 2. The summed E-state index contributed by atoms with van der Waals surface area (Å²) in [6.45, 7) is 2.69. The predicted octanol–water partition coefficient (Wildman–Crippen LogP) is 3.26. The van der Waals surface area contributed by atoms with Crippen molar-refractivity contribution in [2.75, 3.05) is 0 Å². The average molecular weight is 454 g/mol. The molecule has 0 spiro atoms. The lowest BCUT2D eigenvalue weighted by molar-refractivity contribution is 0.0997. The molecule has 0 unspecified atom stereocenters. The van der Waals surface area contributed by atoms with Gasteiger partial charge in [0.1, 0.15) is 0 Å². The lowest BCUT2D eigenvalue weighted by atomic mass is 10.2. The van der Waals surface area contributed by atoms with Crippen molar-refractivity contribution < 1.29 is 13.2 Å². The fraction of sp³-hybridized carbons (Fsp3) is 0.176. The van der Waals surface area contributed by atoms with Crippen LogP contribution < -0.4 is 9.94 Å². The number of benzene rings is 2. The highest BCUT2D eigenvalue weighted by Gasteiger charge is 2.13. The van der Waals surface area contributed by atoms with E-state index in [9.17, 15) is 13.2 Å². The Morgan fingerprint density at radius 1 is 1.27 bits per heavy atom. The van der Waals surface area contributed by atoms with Gasteiger partial charge in [0.25, 0.3) is 5.91 Å². The van der Waals surface area contributed by atoms with Gasteiger partial charge in [-0.15, -0.1) is 0 Å². The first-order valence-corrected chi connectivity index (χ1v) is 11.0. The number of halogens is 1. The molecule has 26 heavy (non-hydrogen) atoms. The minimum atomic E-state index is -3.79. The van der Waals surface area contributed by atoms with Crippen molar-refractivity contribution in [1.82, 2.24) is 4.57 Å². The number of rotatable bonds is 4. The van der Waals surface area contributed by atoms with Gasteiger partial charge in [0, 0.05) is 16.6 Å². The summed E-state index contributed by atoms with van der Waals surface area (Å²) in [6.07, 6.45) is 0.848. The van der Waals surface area contributed by atoms with Crippen molar-refractivity contribution in [1.29, 1.82) is 0 Å². The third-order valence-corrected chi connectivity index (χ3v) is 6.14. The van der Waals surface area contributed by atoms with E-state index in [1.54, 1.807) is 24.3 Å².